The molecule has 0 saturated heterocycles. The lowest BCUT2D eigenvalue weighted by Gasteiger charge is -2.13. The highest BCUT2D eigenvalue weighted by atomic mass is 32.1. The normalized spacial score (nSPS) is 10.8. The van der Waals surface area contributed by atoms with E-state index in [1.165, 1.54) is 23.5 Å². The Bertz CT molecular complexity index is 942. The Balaban J connectivity index is 1.77. The van der Waals surface area contributed by atoms with E-state index in [4.69, 9.17) is 9.47 Å². The number of anilines is 1. The molecular weight excluding hydrogens is 367 g/mol. The van der Waals surface area contributed by atoms with Crippen molar-refractivity contribution in [3.8, 4) is 11.5 Å². The number of ether oxygens (including phenoxy) is 2. The molecule has 142 valence electrons. The number of hydrogen-bond donors (Lipinski definition) is 1. The van der Waals surface area contributed by atoms with E-state index >= 15 is 0 Å². The number of fused-ring (bicyclic) bond motifs is 1. The Morgan fingerprint density at radius 2 is 2.00 bits per heavy atom. The number of carbonyl (C=O) groups excluding carboxylic acids is 1. The summed E-state index contributed by atoms with van der Waals surface area (Å²) in [6.45, 7) is 5.04. The Morgan fingerprint density at radius 1 is 1.15 bits per heavy atom. The maximum atomic E-state index is 13.3. The molecule has 0 aliphatic carbocycles. The van der Waals surface area contributed by atoms with Crippen molar-refractivity contribution in [2.24, 2.45) is 0 Å². The number of unbranched alkanes of at least 4 members (excludes halogenated alkanes) is 1. The van der Waals surface area contributed by atoms with E-state index in [9.17, 15) is 9.18 Å². The van der Waals surface area contributed by atoms with Gasteiger partial charge in [0.05, 0.1) is 23.4 Å². The van der Waals surface area contributed by atoms with E-state index < -0.39 is 0 Å². The number of hydrogen-bond acceptors (Lipinski definition) is 5. The van der Waals surface area contributed by atoms with Crippen LogP contribution in [0, 0.1) is 5.82 Å². The molecule has 0 fully saturated rings. The minimum absolute atomic E-state index is 0.310. The van der Waals surface area contributed by atoms with Crippen LogP contribution in [0.5, 0.6) is 11.5 Å². The fourth-order valence-electron chi connectivity index (χ4n) is 2.48. The molecule has 0 saturated carbocycles. The first-order valence-electron chi connectivity index (χ1n) is 8.87. The molecule has 0 atom stereocenters. The minimum Gasteiger partial charge on any atom is -0.490 e. The highest BCUT2D eigenvalue weighted by Crippen LogP contribution is 2.30. The molecule has 0 unspecified atom stereocenters. The largest absolute Gasteiger partial charge is 0.490 e. The molecule has 0 aliphatic rings. The Kier molecular flexibility index (Phi) is 6.24. The lowest BCUT2D eigenvalue weighted by atomic mass is 10.2. The van der Waals surface area contributed by atoms with Gasteiger partial charge < -0.3 is 9.47 Å². The molecule has 1 heterocycles. The third-order valence-electron chi connectivity index (χ3n) is 3.83. The summed E-state index contributed by atoms with van der Waals surface area (Å²) in [6, 6.07) is 9.42. The first-order valence-corrected chi connectivity index (χ1v) is 9.69. The summed E-state index contributed by atoms with van der Waals surface area (Å²) in [6.07, 6.45) is 1.99. The van der Waals surface area contributed by atoms with Crippen molar-refractivity contribution >= 4 is 32.6 Å². The summed E-state index contributed by atoms with van der Waals surface area (Å²) in [5, 5.41) is 3.18. The molecule has 1 amide bonds. The van der Waals surface area contributed by atoms with Gasteiger partial charge in [0, 0.05) is 5.56 Å². The van der Waals surface area contributed by atoms with Crippen LogP contribution in [0.25, 0.3) is 10.2 Å². The maximum Gasteiger partial charge on any atom is 0.257 e. The summed E-state index contributed by atoms with van der Waals surface area (Å²) in [7, 11) is 0. The number of rotatable bonds is 8. The predicted molar refractivity (Wildman–Crippen MR) is 106 cm³/mol. The van der Waals surface area contributed by atoms with Crippen molar-refractivity contribution in [2.75, 3.05) is 18.5 Å². The smallest absolute Gasteiger partial charge is 0.257 e. The minimum atomic E-state index is -0.330. The van der Waals surface area contributed by atoms with Crippen LogP contribution in [0.4, 0.5) is 9.52 Å². The molecule has 3 aromatic rings. The van der Waals surface area contributed by atoms with Crippen molar-refractivity contribution in [3.63, 3.8) is 0 Å². The molecule has 0 bridgehead atoms. The van der Waals surface area contributed by atoms with Crippen LogP contribution < -0.4 is 14.8 Å². The summed E-state index contributed by atoms with van der Waals surface area (Å²) in [4.78, 5) is 16.9. The topological polar surface area (TPSA) is 60.5 Å². The van der Waals surface area contributed by atoms with Gasteiger partial charge in [-0.05, 0) is 49.7 Å². The summed E-state index contributed by atoms with van der Waals surface area (Å²) < 4.78 is 25.3. The summed E-state index contributed by atoms with van der Waals surface area (Å²) in [5.74, 6) is 0.518. The molecule has 3 rings (SSSR count). The van der Waals surface area contributed by atoms with Crippen LogP contribution in [0.15, 0.2) is 36.4 Å². The quantitative estimate of drug-likeness (QED) is 0.534. The molecule has 1 aromatic heterocycles. The van der Waals surface area contributed by atoms with Gasteiger partial charge in [-0.2, -0.15) is 0 Å². The second-order valence-corrected chi connectivity index (χ2v) is 6.91. The van der Waals surface area contributed by atoms with Gasteiger partial charge in [-0.1, -0.05) is 24.7 Å². The molecule has 0 spiro atoms. The van der Waals surface area contributed by atoms with Gasteiger partial charge in [-0.15, -0.1) is 0 Å². The number of halogens is 1. The number of nitrogens with zero attached hydrogens (tertiary/aromatic N) is 1. The van der Waals surface area contributed by atoms with Gasteiger partial charge in [0.1, 0.15) is 5.82 Å². The third kappa shape index (κ3) is 4.74. The van der Waals surface area contributed by atoms with E-state index in [0.29, 0.717) is 45.6 Å². The number of aromatic nitrogens is 1. The lowest BCUT2D eigenvalue weighted by Crippen LogP contribution is -2.12. The fourth-order valence-corrected chi connectivity index (χ4v) is 3.37. The molecule has 0 radical (unpaired) electrons. The van der Waals surface area contributed by atoms with Gasteiger partial charge in [0.25, 0.3) is 5.91 Å². The average molecular weight is 388 g/mol. The van der Waals surface area contributed by atoms with E-state index in [1.807, 2.05) is 6.92 Å². The van der Waals surface area contributed by atoms with Gasteiger partial charge in [-0.3, -0.25) is 10.1 Å². The van der Waals surface area contributed by atoms with Gasteiger partial charge in [0.2, 0.25) is 0 Å². The van der Waals surface area contributed by atoms with Crippen LogP contribution >= 0.6 is 11.3 Å². The van der Waals surface area contributed by atoms with E-state index in [1.54, 1.807) is 24.3 Å². The standard InChI is InChI=1S/C20H21FN2O3S/c1-3-5-10-26-16-9-6-13(11-17(16)25-4-2)19(24)23-20-22-15-8-7-14(21)12-18(15)27-20/h6-9,11-12H,3-5,10H2,1-2H3,(H,22,23,24). The maximum absolute atomic E-state index is 13.3. The Morgan fingerprint density at radius 3 is 2.78 bits per heavy atom. The van der Waals surface area contributed by atoms with Crippen molar-refractivity contribution < 1.29 is 18.7 Å². The van der Waals surface area contributed by atoms with Crippen molar-refractivity contribution in [1.29, 1.82) is 0 Å². The zero-order valence-electron chi connectivity index (χ0n) is 15.3. The van der Waals surface area contributed by atoms with Crippen molar-refractivity contribution in [1.82, 2.24) is 4.98 Å². The fraction of sp³-hybridized carbons (Fsp3) is 0.300. The second kappa shape index (κ2) is 8.81. The van der Waals surface area contributed by atoms with Crippen LogP contribution in [-0.2, 0) is 0 Å². The predicted octanol–water partition coefficient (Wildman–Crippen LogP) is 5.27. The number of benzene rings is 2. The van der Waals surface area contributed by atoms with Crippen LogP contribution in [0.1, 0.15) is 37.0 Å². The molecule has 27 heavy (non-hydrogen) atoms. The van der Waals surface area contributed by atoms with Crippen molar-refractivity contribution in [3.05, 3.63) is 47.8 Å². The van der Waals surface area contributed by atoms with E-state index in [0.717, 1.165) is 12.8 Å². The SMILES string of the molecule is CCCCOc1ccc(C(=O)Nc2nc3ccc(F)cc3s2)cc1OCC. The molecule has 0 aliphatic heterocycles. The van der Waals surface area contributed by atoms with Gasteiger partial charge in [0.15, 0.2) is 16.6 Å². The lowest BCUT2D eigenvalue weighted by molar-refractivity contribution is 0.102. The Hall–Kier alpha value is -2.67. The van der Waals surface area contributed by atoms with E-state index in [-0.39, 0.29) is 11.7 Å². The summed E-state index contributed by atoms with van der Waals surface area (Å²) in [5.41, 5.74) is 1.08. The average Bonchev–Trinajstić information content (AvgIpc) is 3.04. The molecule has 5 nitrogen and oxygen atoms in total. The highest BCUT2D eigenvalue weighted by Gasteiger charge is 2.14. The number of thiazole rings is 1. The zero-order valence-corrected chi connectivity index (χ0v) is 16.1. The highest BCUT2D eigenvalue weighted by molar-refractivity contribution is 7.22. The number of amides is 1. The molecule has 7 heteroatoms. The van der Waals surface area contributed by atoms with Crippen LogP contribution in [-0.4, -0.2) is 24.1 Å². The first-order chi connectivity index (χ1) is 13.1. The molecular formula is C20H21FN2O3S. The van der Waals surface area contributed by atoms with Gasteiger partial charge >= 0.3 is 0 Å². The van der Waals surface area contributed by atoms with Crippen LogP contribution in [0.3, 0.4) is 0 Å². The second-order valence-electron chi connectivity index (χ2n) is 5.88. The van der Waals surface area contributed by atoms with E-state index in [2.05, 4.69) is 17.2 Å². The Labute approximate surface area is 161 Å². The number of carbonyl (C=O) groups is 1. The van der Waals surface area contributed by atoms with Crippen LogP contribution in [0.2, 0.25) is 0 Å². The van der Waals surface area contributed by atoms with Gasteiger partial charge in [-0.25, -0.2) is 9.37 Å². The van der Waals surface area contributed by atoms with Crippen molar-refractivity contribution in [2.45, 2.75) is 26.7 Å². The number of nitrogens with one attached hydrogen (secondary N) is 1. The molecule has 1 N–H and O–H groups in total. The first kappa shape index (κ1) is 19.1. The zero-order chi connectivity index (χ0) is 19.2. The third-order valence-corrected chi connectivity index (χ3v) is 4.77. The monoisotopic (exact) mass is 388 g/mol. The summed E-state index contributed by atoms with van der Waals surface area (Å²) >= 11 is 1.23. The molecule has 2 aromatic carbocycles.